The fraction of sp³-hybridized carbons (Fsp3) is 1.00. The summed E-state index contributed by atoms with van der Waals surface area (Å²) in [5.74, 6) is 0.359. The maximum absolute atomic E-state index is 11.5. The van der Waals surface area contributed by atoms with Gasteiger partial charge in [-0.1, -0.05) is 0 Å². The quantitative estimate of drug-likeness (QED) is 0.720. The summed E-state index contributed by atoms with van der Waals surface area (Å²) in [6, 6.07) is 0.218. The van der Waals surface area contributed by atoms with Crippen molar-refractivity contribution in [1.29, 1.82) is 0 Å². The highest BCUT2D eigenvalue weighted by molar-refractivity contribution is 7.92. The van der Waals surface area contributed by atoms with Crippen molar-refractivity contribution in [3.8, 4) is 0 Å². The second-order valence-electron chi connectivity index (χ2n) is 3.90. The molecule has 0 saturated carbocycles. The number of sulfone groups is 1. The van der Waals surface area contributed by atoms with Crippen molar-refractivity contribution in [2.75, 3.05) is 26.0 Å². The van der Waals surface area contributed by atoms with E-state index in [2.05, 4.69) is 5.32 Å². The molecule has 4 nitrogen and oxygen atoms in total. The zero-order valence-corrected chi connectivity index (χ0v) is 9.64. The van der Waals surface area contributed by atoms with Crippen molar-refractivity contribution in [2.24, 2.45) is 0 Å². The monoisotopic (exact) mass is 221 g/mol. The number of nitrogens with one attached hydrogen (secondary N) is 1. The fourth-order valence-electron chi connectivity index (χ4n) is 1.73. The fourth-order valence-corrected chi connectivity index (χ4v) is 3.51. The highest BCUT2D eigenvalue weighted by Gasteiger charge is 2.30. The normalized spacial score (nSPS) is 27.7. The first-order valence-corrected chi connectivity index (χ1v) is 6.71. The Labute approximate surface area is 85.9 Å². The number of methoxy groups -OCH3 is 1. The first-order chi connectivity index (χ1) is 6.56. The molecule has 2 unspecified atom stereocenters. The largest absolute Gasteiger partial charge is 0.383 e. The topological polar surface area (TPSA) is 55.4 Å². The van der Waals surface area contributed by atoms with Gasteiger partial charge in [-0.25, -0.2) is 8.42 Å². The highest BCUT2D eigenvalue weighted by atomic mass is 32.2. The van der Waals surface area contributed by atoms with Gasteiger partial charge in [0.2, 0.25) is 0 Å². The molecule has 1 rings (SSSR count). The third-order valence-corrected chi connectivity index (χ3v) is 4.85. The van der Waals surface area contributed by atoms with Crippen LogP contribution in [0.25, 0.3) is 0 Å². The van der Waals surface area contributed by atoms with Gasteiger partial charge in [0.1, 0.15) is 0 Å². The van der Waals surface area contributed by atoms with E-state index in [0.717, 1.165) is 12.8 Å². The Morgan fingerprint density at radius 1 is 1.57 bits per heavy atom. The van der Waals surface area contributed by atoms with E-state index in [1.807, 2.05) is 6.92 Å². The van der Waals surface area contributed by atoms with E-state index < -0.39 is 9.84 Å². The van der Waals surface area contributed by atoms with Crippen LogP contribution in [0.4, 0.5) is 0 Å². The zero-order chi connectivity index (χ0) is 10.6. The van der Waals surface area contributed by atoms with Crippen molar-refractivity contribution < 1.29 is 13.2 Å². The van der Waals surface area contributed by atoms with Crippen LogP contribution >= 0.6 is 0 Å². The molecule has 1 heterocycles. The maximum atomic E-state index is 11.5. The first-order valence-electron chi connectivity index (χ1n) is 5.00. The van der Waals surface area contributed by atoms with Crippen LogP contribution in [0.5, 0.6) is 0 Å². The first kappa shape index (κ1) is 11.9. The molecule has 1 aliphatic rings. The summed E-state index contributed by atoms with van der Waals surface area (Å²) in [5, 5.41) is 3.00. The molecule has 0 amide bonds. The van der Waals surface area contributed by atoms with Crippen molar-refractivity contribution in [3.05, 3.63) is 0 Å². The molecule has 5 heteroatoms. The van der Waals surface area contributed by atoms with Gasteiger partial charge in [0.25, 0.3) is 0 Å². The summed E-state index contributed by atoms with van der Waals surface area (Å²) >= 11 is 0. The van der Waals surface area contributed by atoms with Crippen molar-refractivity contribution in [3.63, 3.8) is 0 Å². The Hall–Kier alpha value is -0.130. The molecule has 2 atom stereocenters. The zero-order valence-electron chi connectivity index (χ0n) is 8.82. The van der Waals surface area contributed by atoms with Crippen molar-refractivity contribution in [2.45, 2.75) is 31.1 Å². The van der Waals surface area contributed by atoms with E-state index in [1.54, 1.807) is 7.11 Å². The summed E-state index contributed by atoms with van der Waals surface area (Å²) in [6.07, 6.45) is 1.61. The van der Waals surface area contributed by atoms with Gasteiger partial charge in [0, 0.05) is 19.7 Å². The average Bonchev–Trinajstić information content (AvgIpc) is 2.42. The lowest BCUT2D eigenvalue weighted by atomic mass is 10.2. The van der Waals surface area contributed by atoms with Gasteiger partial charge in [0.15, 0.2) is 9.84 Å². The highest BCUT2D eigenvalue weighted by Crippen LogP contribution is 2.19. The molecule has 0 aromatic carbocycles. The molecular weight excluding hydrogens is 202 g/mol. The van der Waals surface area contributed by atoms with Gasteiger partial charge in [-0.3, -0.25) is 0 Å². The van der Waals surface area contributed by atoms with E-state index in [4.69, 9.17) is 4.74 Å². The smallest absolute Gasteiger partial charge is 0.154 e. The van der Waals surface area contributed by atoms with Gasteiger partial charge < -0.3 is 10.1 Å². The molecule has 0 spiro atoms. The molecule has 1 fully saturated rings. The Kier molecular flexibility index (Phi) is 4.34. The van der Waals surface area contributed by atoms with E-state index >= 15 is 0 Å². The third-order valence-electron chi connectivity index (χ3n) is 2.57. The average molecular weight is 221 g/mol. The summed E-state index contributed by atoms with van der Waals surface area (Å²) in [7, 11) is -1.16. The number of rotatable bonds is 5. The van der Waals surface area contributed by atoms with E-state index in [1.165, 1.54) is 0 Å². The molecule has 0 radical (unpaired) electrons. The molecule has 1 N–H and O–H groups in total. The molecule has 0 aromatic heterocycles. The van der Waals surface area contributed by atoms with E-state index in [-0.39, 0.29) is 11.3 Å². The Balaban J connectivity index is 2.31. The minimum atomic E-state index is -2.80. The van der Waals surface area contributed by atoms with Crippen LogP contribution in [-0.2, 0) is 14.6 Å². The number of hydrogen-bond donors (Lipinski definition) is 1. The molecule has 0 bridgehead atoms. The Morgan fingerprint density at radius 2 is 2.29 bits per heavy atom. The molecule has 1 aliphatic heterocycles. The van der Waals surface area contributed by atoms with Gasteiger partial charge in [-0.05, 0) is 19.8 Å². The van der Waals surface area contributed by atoms with Gasteiger partial charge in [-0.2, -0.15) is 0 Å². The molecule has 84 valence electrons. The van der Waals surface area contributed by atoms with Crippen LogP contribution < -0.4 is 5.32 Å². The lowest BCUT2D eigenvalue weighted by Crippen LogP contribution is -2.38. The third kappa shape index (κ3) is 3.22. The van der Waals surface area contributed by atoms with Crippen molar-refractivity contribution >= 4 is 9.84 Å². The van der Waals surface area contributed by atoms with E-state index in [9.17, 15) is 8.42 Å². The summed E-state index contributed by atoms with van der Waals surface area (Å²) in [6.45, 7) is 3.17. The van der Waals surface area contributed by atoms with Crippen LogP contribution in [0.1, 0.15) is 19.8 Å². The predicted octanol–water partition coefficient (Wildman–Crippen LogP) is 0.188. The molecule has 0 aromatic rings. The van der Waals surface area contributed by atoms with Crippen LogP contribution in [0, 0.1) is 0 Å². The SMILES string of the molecule is COCC(C)NCC1CCCS1(=O)=O. The number of hydrogen-bond acceptors (Lipinski definition) is 4. The maximum Gasteiger partial charge on any atom is 0.154 e. The molecular formula is C9H19NO3S. The number of ether oxygens (including phenoxy) is 1. The van der Waals surface area contributed by atoms with Crippen LogP contribution in [0.15, 0.2) is 0 Å². The van der Waals surface area contributed by atoms with Crippen LogP contribution in [0.3, 0.4) is 0 Å². The molecule has 14 heavy (non-hydrogen) atoms. The second kappa shape index (κ2) is 5.09. The summed E-state index contributed by atoms with van der Waals surface area (Å²) < 4.78 is 27.9. The van der Waals surface area contributed by atoms with Crippen LogP contribution in [-0.4, -0.2) is 45.7 Å². The summed E-state index contributed by atoms with van der Waals surface area (Å²) in [4.78, 5) is 0. The van der Waals surface area contributed by atoms with Gasteiger partial charge in [0.05, 0.1) is 17.6 Å². The predicted molar refractivity (Wildman–Crippen MR) is 56.1 cm³/mol. The minimum Gasteiger partial charge on any atom is -0.383 e. The Morgan fingerprint density at radius 3 is 2.79 bits per heavy atom. The van der Waals surface area contributed by atoms with Crippen molar-refractivity contribution in [1.82, 2.24) is 5.32 Å². The lowest BCUT2D eigenvalue weighted by Gasteiger charge is -2.15. The Bertz CT molecular complexity index is 263. The van der Waals surface area contributed by atoms with Crippen LogP contribution in [0.2, 0.25) is 0 Å². The lowest BCUT2D eigenvalue weighted by molar-refractivity contribution is 0.172. The van der Waals surface area contributed by atoms with Gasteiger partial charge >= 0.3 is 0 Å². The second-order valence-corrected chi connectivity index (χ2v) is 6.30. The van der Waals surface area contributed by atoms with Gasteiger partial charge in [-0.15, -0.1) is 0 Å². The minimum absolute atomic E-state index is 0.179. The van der Waals surface area contributed by atoms with E-state index in [0.29, 0.717) is 18.9 Å². The standard InChI is InChI=1S/C9H19NO3S/c1-8(7-13-2)10-6-9-4-3-5-14(9,11)12/h8-10H,3-7H2,1-2H3. The molecule has 0 aliphatic carbocycles. The molecule has 1 saturated heterocycles. The summed E-state index contributed by atoms with van der Waals surface area (Å²) in [5.41, 5.74) is 0.